The lowest BCUT2D eigenvalue weighted by Gasteiger charge is -2.43. The normalized spacial score (nSPS) is 12.1. The molecule has 0 saturated carbocycles. The van der Waals surface area contributed by atoms with Crippen molar-refractivity contribution in [3.63, 3.8) is 0 Å². The summed E-state index contributed by atoms with van der Waals surface area (Å²) >= 11 is 5.68. The molecule has 0 aliphatic rings. The zero-order valence-electron chi connectivity index (χ0n) is 26.3. The topological polar surface area (TPSA) is 18.5 Å². The van der Waals surface area contributed by atoms with Gasteiger partial charge in [0, 0.05) is 16.5 Å². The molecule has 230 valence electrons. The minimum Gasteiger partial charge on any atom is -0.493 e. The van der Waals surface area contributed by atoms with Crippen LogP contribution in [-0.4, -0.2) is 33.0 Å². The van der Waals surface area contributed by atoms with E-state index in [1.54, 1.807) is 0 Å². The van der Waals surface area contributed by atoms with Crippen LogP contribution in [0.3, 0.4) is 0 Å². The maximum atomic E-state index is 7.04. The fourth-order valence-electron chi connectivity index (χ4n) is 5.94. The Balaban J connectivity index is 1.06. The molecule has 0 heterocycles. The number of benzene rings is 4. The molecule has 0 spiro atoms. The number of ether oxygens (including phenoxy) is 1. The quantitative estimate of drug-likeness (QED) is 0.0772. The summed E-state index contributed by atoms with van der Waals surface area (Å²) in [7, 11) is -2.40. The first-order valence-corrected chi connectivity index (χ1v) is 19.9. The van der Waals surface area contributed by atoms with Crippen LogP contribution in [0, 0.1) is 0 Å². The molecule has 0 saturated heterocycles. The Kier molecular flexibility index (Phi) is 13.7. The third kappa shape index (κ3) is 9.72. The number of hydrogen-bond donors (Lipinski definition) is 0. The largest absolute Gasteiger partial charge is 0.493 e. The second-order valence-corrected chi connectivity index (χ2v) is 18.9. The number of hydrogen-bond acceptors (Lipinski definition) is 3. The fraction of sp³-hybridized carbons (Fsp3) is 0.421. The zero-order chi connectivity index (χ0) is 30.4. The van der Waals surface area contributed by atoms with Crippen molar-refractivity contribution in [3.8, 4) is 5.75 Å². The van der Waals surface area contributed by atoms with Crippen LogP contribution in [0.4, 0.5) is 0 Å². The van der Waals surface area contributed by atoms with Crippen LogP contribution < -0.4 is 15.1 Å². The van der Waals surface area contributed by atoms with Crippen molar-refractivity contribution in [1.82, 2.24) is 0 Å². The summed E-state index contributed by atoms with van der Waals surface area (Å²) in [5.41, 5.74) is 0. The Bertz CT molecular complexity index is 1320. The van der Waals surface area contributed by atoms with Gasteiger partial charge in [0.1, 0.15) is 5.75 Å². The van der Waals surface area contributed by atoms with Crippen molar-refractivity contribution in [2.24, 2.45) is 0 Å². The molecule has 4 aromatic carbocycles. The summed E-state index contributed by atoms with van der Waals surface area (Å²) < 4.78 is 14.3. The van der Waals surface area contributed by atoms with Gasteiger partial charge in [0.25, 0.3) is 8.32 Å². The van der Waals surface area contributed by atoms with Crippen molar-refractivity contribution in [1.29, 1.82) is 0 Å². The molecule has 5 heteroatoms. The second kappa shape index (κ2) is 17.4. The van der Waals surface area contributed by atoms with Crippen LogP contribution in [-0.2, 0) is 4.43 Å². The number of thioether (sulfide) groups is 1. The Morgan fingerprint density at radius 1 is 0.628 bits per heavy atom. The van der Waals surface area contributed by atoms with Crippen LogP contribution >= 0.6 is 27.7 Å². The average Bonchev–Trinajstić information content (AvgIpc) is 3.01. The molecule has 0 aromatic heterocycles. The summed E-state index contributed by atoms with van der Waals surface area (Å²) in [5, 5.41) is 5.20. The molecular formula is C38H49BrO2SSi. The van der Waals surface area contributed by atoms with Gasteiger partial charge < -0.3 is 9.16 Å². The van der Waals surface area contributed by atoms with Gasteiger partial charge in [0.2, 0.25) is 0 Å². The van der Waals surface area contributed by atoms with Crippen LogP contribution in [0.2, 0.25) is 5.04 Å². The molecule has 2 nitrogen and oxygen atoms in total. The molecule has 0 N–H and O–H groups in total. The fourth-order valence-corrected chi connectivity index (χ4v) is 11.9. The minimum atomic E-state index is -2.40. The first-order chi connectivity index (χ1) is 20.9. The summed E-state index contributed by atoms with van der Waals surface area (Å²) in [6.07, 6.45) is 9.92. The molecule has 43 heavy (non-hydrogen) atoms. The predicted molar refractivity (Wildman–Crippen MR) is 195 cm³/mol. The van der Waals surface area contributed by atoms with E-state index in [1.807, 2.05) is 0 Å². The van der Waals surface area contributed by atoms with Gasteiger partial charge in [-0.05, 0) is 82.3 Å². The lowest BCUT2D eigenvalue weighted by molar-refractivity contribution is 0.287. The molecule has 0 unspecified atom stereocenters. The van der Waals surface area contributed by atoms with Crippen molar-refractivity contribution in [2.75, 3.05) is 24.7 Å². The smallest absolute Gasteiger partial charge is 0.261 e. The first kappa shape index (κ1) is 33.8. The molecule has 0 aliphatic carbocycles. The number of rotatable bonds is 18. The third-order valence-electron chi connectivity index (χ3n) is 8.16. The molecule has 4 aromatic rings. The first-order valence-electron chi connectivity index (χ1n) is 16.1. The van der Waals surface area contributed by atoms with E-state index in [-0.39, 0.29) is 5.04 Å². The highest BCUT2D eigenvalue weighted by Crippen LogP contribution is 2.37. The minimum absolute atomic E-state index is 0.0496. The van der Waals surface area contributed by atoms with E-state index in [9.17, 15) is 0 Å². The van der Waals surface area contributed by atoms with Gasteiger partial charge in [-0.2, -0.15) is 11.8 Å². The molecule has 0 amide bonds. The van der Waals surface area contributed by atoms with Crippen molar-refractivity contribution >= 4 is 57.2 Å². The second-order valence-electron chi connectivity index (χ2n) is 12.4. The molecule has 0 fully saturated rings. The third-order valence-corrected chi connectivity index (χ3v) is 14.9. The summed E-state index contributed by atoms with van der Waals surface area (Å²) in [6.45, 7) is 8.70. The average molecular weight is 678 g/mol. The molecule has 0 atom stereocenters. The summed E-state index contributed by atoms with van der Waals surface area (Å²) in [5.74, 6) is 3.54. The summed E-state index contributed by atoms with van der Waals surface area (Å²) in [4.78, 5) is 0. The van der Waals surface area contributed by atoms with Crippen LogP contribution in [0.1, 0.15) is 72.1 Å². The Hall–Kier alpha value is -2.05. The van der Waals surface area contributed by atoms with Crippen LogP contribution in [0.5, 0.6) is 5.75 Å². The van der Waals surface area contributed by atoms with E-state index in [2.05, 4.69) is 146 Å². The van der Waals surface area contributed by atoms with E-state index in [0.29, 0.717) is 0 Å². The van der Waals surface area contributed by atoms with Crippen LogP contribution in [0.15, 0.2) is 102 Å². The highest BCUT2D eigenvalue weighted by Gasteiger charge is 2.49. The van der Waals surface area contributed by atoms with Crippen LogP contribution in [0.25, 0.3) is 10.8 Å². The lowest BCUT2D eigenvalue weighted by atomic mass is 10.1. The number of fused-ring (bicyclic) bond motifs is 1. The van der Waals surface area contributed by atoms with E-state index < -0.39 is 8.32 Å². The lowest BCUT2D eigenvalue weighted by Crippen LogP contribution is -2.66. The van der Waals surface area contributed by atoms with Gasteiger partial charge in [-0.1, -0.05) is 135 Å². The maximum absolute atomic E-state index is 7.04. The molecule has 4 rings (SSSR count). The monoisotopic (exact) mass is 676 g/mol. The van der Waals surface area contributed by atoms with Gasteiger partial charge in [0.05, 0.1) is 6.61 Å². The Labute approximate surface area is 274 Å². The van der Waals surface area contributed by atoms with Crippen molar-refractivity contribution in [2.45, 2.75) is 77.2 Å². The highest BCUT2D eigenvalue weighted by atomic mass is 79.9. The molecular weight excluding hydrogens is 628 g/mol. The van der Waals surface area contributed by atoms with Crippen molar-refractivity contribution in [3.05, 3.63) is 102 Å². The maximum Gasteiger partial charge on any atom is 0.261 e. The standard InChI is InChI=1S/C38H49BrO2SSi/c1-38(2,3)43(34-20-10-8-11-21-34,35-22-12-9-13-23-35)41-28-15-5-7-17-30-42-29-16-6-4-14-27-40-37-24-18-19-32-31-33(39)25-26-36(32)37/h8-13,18-26,31H,4-7,14-17,27-30H2,1-3H3. The van der Waals surface area contributed by atoms with Gasteiger partial charge in [-0.3, -0.25) is 0 Å². The van der Waals surface area contributed by atoms with Gasteiger partial charge >= 0.3 is 0 Å². The number of unbranched alkanes of at least 4 members (excludes halogenated alkanes) is 6. The molecule has 0 aliphatic heterocycles. The van der Waals surface area contributed by atoms with E-state index >= 15 is 0 Å². The van der Waals surface area contributed by atoms with E-state index in [1.165, 1.54) is 71.2 Å². The van der Waals surface area contributed by atoms with Gasteiger partial charge in [-0.15, -0.1) is 0 Å². The summed E-state index contributed by atoms with van der Waals surface area (Å²) in [6, 6.07) is 34.6. The van der Waals surface area contributed by atoms with Gasteiger partial charge in [-0.25, -0.2) is 0 Å². The molecule has 0 radical (unpaired) electrons. The highest BCUT2D eigenvalue weighted by molar-refractivity contribution is 9.10. The van der Waals surface area contributed by atoms with Crippen molar-refractivity contribution < 1.29 is 9.16 Å². The Morgan fingerprint density at radius 3 is 1.81 bits per heavy atom. The van der Waals surface area contributed by atoms with E-state index in [4.69, 9.17) is 9.16 Å². The molecule has 0 bridgehead atoms. The zero-order valence-corrected chi connectivity index (χ0v) is 29.7. The number of halogens is 1. The predicted octanol–water partition coefficient (Wildman–Crippen LogP) is 10.4. The van der Waals surface area contributed by atoms with E-state index in [0.717, 1.165) is 36.3 Å². The Morgan fingerprint density at radius 2 is 1.21 bits per heavy atom. The SMILES string of the molecule is CC(C)(C)[Si](OCCCCCCSCCCCCCOc1cccc2cc(Br)ccc12)(c1ccccc1)c1ccccc1. The van der Waals surface area contributed by atoms with Gasteiger partial charge in [0.15, 0.2) is 0 Å².